The molecule has 0 heterocycles. The molecule has 3 nitrogen and oxygen atoms in total. The van der Waals surface area contributed by atoms with Crippen LogP contribution in [-0.2, 0) is 0 Å². The maximum Gasteiger partial charge on any atom is 0.0613 e. The maximum atomic E-state index is 9.56. The van der Waals surface area contributed by atoms with Gasteiger partial charge in [-0.25, -0.2) is 0 Å². The highest BCUT2D eigenvalue weighted by Crippen LogP contribution is 2.33. The van der Waals surface area contributed by atoms with E-state index in [1.165, 1.54) is 45.1 Å². The van der Waals surface area contributed by atoms with E-state index < -0.39 is 0 Å². The van der Waals surface area contributed by atoms with Gasteiger partial charge in [-0.3, -0.25) is 0 Å². The van der Waals surface area contributed by atoms with Crippen molar-refractivity contribution in [2.75, 3.05) is 27.2 Å². The van der Waals surface area contributed by atoms with Gasteiger partial charge in [0.1, 0.15) is 0 Å². The molecule has 2 aliphatic rings. The van der Waals surface area contributed by atoms with Crippen LogP contribution in [0.25, 0.3) is 0 Å². The number of nitrogens with zero attached hydrogens (tertiary/aromatic N) is 1. The molecule has 2 fully saturated rings. The smallest absolute Gasteiger partial charge is 0.0613 e. The lowest BCUT2D eigenvalue weighted by Gasteiger charge is -2.32. The molecule has 106 valence electrons. The van der Waals surface area contributed by atoms with Crippen molar-refractivity contribution in [3.05, 3.63) is 0 Å². The first kappa shape index (κ1) is 14.3. The molecule has 0 aromatic rings. The molecular formula is C15H30N2O. The molecule has 18 heavy (non-hydrogen) atoms. The lowest BCUT2D eigenvalue weighted by molar-refractivity contribution is 0.146. The number of aliphatic hydroxyl groups is 1. The third kappa shape index (κ3) is 3.25. The molecule has 2 atom stereocenters. The highest BCUT2D eigenvalue weighted by atomic mass is 16.3. The van der Waals surface area contributed by atoms with E-state index in [-0.39, 0.29) is 12.1 Å². The van der Waals surface area contributed by atoms with Gasteiger partial charge in [-0.1, -0.05) is 19.3 Å². The second-order valence-electron chi connectivity index (χ2n) is 6.53. The van der Waals surface area contributed by atoms with Gasteiger partial charge in [0.15, 0.2) is 0 Å². The van der Waals surface area contributed by atoms with Gasteiger partial charge in [-0.15, -0.1) is 0 Å². The molecule has 0 aromatic carbocycles. The fraction of sp³-hybridized carbons (Fsp3) is 1.00. The number of hydrogen-bond donors (Lipinski definition) is 2. The van der Waals surface area contributed by atoms with Crippen molar-refractivity contribution in [3.63, 3.8) is 0 Å². The molecule has 0 saturated heterocycles. The second kappa shape index (κ2) is 6.36. The average Bonchev–Trinajstić information content (AvgIpc) is 2.85. The summed E-state index contributed by atoms with van der Waals surface area (Å²) < 4.78 is 0. The lowest BCUT2D eigenvalue weighted by Crippen LogP contribution is -2.46. The monoisotopic (exact) mass is 254 g/mol. The molecule has 2 N–H and O–H groups in total. The van der Waals surface area contributed by atoms with Crippen molar-refractivity contribution in [1.82, 2.24) is 10.2 Å². The van der Waals surface area contributed by atoms with Crippen LogP contribution in [0.1, 0.15) is 51.4 Å². The summed E-state index contributed by atoms with van der Waals surface area (Å²) in [6.07, 6.45) is 10.6. The molecule has 2 aliphatic carbocycles. The summed E-state index contributed by atoms with van der Waals surface area (Å²) in [5.41, 5.74) is -0.00844. The van der Waals surface area contributed by atoms with Crippen molar-refractivity contribution < 1.29 is 5.11 Å². The number of rotatable bonds is 5. The Balaban J connectivity index is 1.81. The largest absolute Gasteiger partial charge is 0.394 e. The zero-order chi connectivity index (χ0) is 13.0. The SMILES string of the molecule is CNC1(CO)CCC(N(C)CC2CCCCC2)C1. The van der Waals surface area contributed by atoms with Crippen LogP contribution < -0.4 is 5.32 Å². The van der Waals surface area contributed by atoms with Crippen LogP contribution in [0.3, 0.4) is 0 Å². The van der Waals surface area contributed by atoms with Gasteiger partial charge in [0.25, 0.3) is 0 Å². The summed E-state index contributed by atoms with van der Waals surface area (Å²) in [6, 6.07) is 0.659. The highest BCUT2D eigenvalue weighted by molar-refractivity contribution is 4.98. The van der Waals surface area contributed by atoms with Crippen LogP contribution in [0.4, 0.5) is 0 Å². The van der Waals surface area contributed by atoms with Crippen molar-refractivity contribution >= 4 is 0 Å². The van der Waals surface area contributed by atoms with E-state index in [1.807, 2.05) is 7.05 Å². The minimum atomic E-state index is -0.00844. The van der Waals surface area contributed by atoms with Gasteiger partial charge < -0.3 is 15.3 Å². The maximum absolute atomic E-state index is 9.56. The van der Waals surface area contributed by atoms with Crippen LogP contribution >= 0.6 is 0 Å². The minimum Gasteiger partial charge on any atom is -0.394 e. The van der Waals surface area contributed by atoms with Crippen LogP contribution in [0.15, 0.2) is 0 Å². The molecule has 0 spiro atoms. The van der Waals surface area contributed by atoms with Gasteiger partial charge in [0.2, 0.25) is 0 Å². The standard InChI is InChI=1S/C15H30N2O/c1-16-15(12-18)9-8-14(10-15)17(2)11-13-6-4-3-5-7-13/h13-14,16,18H,3-12H2,1-2H3. The zero-order valence-corrected chi connectivity index (χ0v) is 12.1. The van der Waals surface area contributed by atoms with Crippen LogP contribution in [0, 0.1) is 5.92 Å². The summed E-state index contributed by atoms with van der Waals surface area (Å²) in [7, 11) is 4.27. The molecule has 2 unspecified atom stereocenters. The van der Waals surface area contributed by atoms with E-state index in [2.05, 4.69) is 17.3 Å². The first-order valence-electron chi connectivity index (χ1n) is 7.69. The van der Waals surface area contributed by atoms with Crippen LogP contribution in [-0.4, -0.2) is 48.8 Å². The fourth-order valence-corrected chi connectivity index (χ4v) is 3.85. The van der Waals surface area contributed by atoms with E-state index >= 15 is 0 Å². The number of aliphatic hydroxyl groups excluding tert-OH is 1. The van der Waals surface area contributed by atoms with Crippen molar-refractivity contribution in [2.45, 2.75) is 62.9 Å². The second-order valence-corrected chi connectivity index (χ2v) is 6.53. The predicted molar refractivity (Wildman–Crippen MR) is 75.7 cm³/mol. The molecule has 0 aliphatic heterocycles. The normalized spacial score (nSPS) is 34.3. The third-order valence-electron chi connectivity index (χ3n) is 5.31. The summed E-state index contributed by atoms with van der Waals surface area (Å²) in [5.74, 6) is 0.919. The Labute approximate surface area is 112 Å². The molecular weight excluding hydrogens is 224 g/mol. The molecule has 0 amide bonds. The van der Waals surface area contributed by atoms with E-state index in [1.54, 1.807) is 0 Å². The lowest BCUT2D eigenvalue weighted by atomic mass is 9.88. The average molecular weight is 254 g/mol. The molecule has 0 radical (unpaired) electrons. The Bertz CT molecular complexity index is 247. The predicted octanol–water partition coefficient (Wildman–Crippen LogP) is 2.00. The van der Waals surface area contributed by atoms with Gasteiger partial charge in [0, 0.05) is 18.1 Å². The number of nitrogens with one attached hydrogen (secondary N) is 1. The summed E-state index contributed by atoms with van der Waals surface area (Å²) in [5, 5.41) is 12.9. The van der Waals surface area contributed by atoms with Gasteiger partial charge in [-0.2, -0.15) is 0 Å². The Morgan fingerprint density at radius 3 is 2.50 bits per heavy atom. The molecule has 3 heteroatoms. The van der Waals surface area contributed by atoms with Gasteiger partial charge in [0.05, 0.1) is 6.61 Å². The number of likely N-dealkylation sites (N-methyl/N-ethyl adjacent to an activating group) is 1. The summed E-state index contributed by atoms with van der Waals surface area (Å²) >= 11 is 0. The summed E-state index contributed by atoms with van der Waals surface area (Å²) in [6.45, 7) is 1.53. The Kier molecular flexibility index (Phi) is 5.05. The van der Waals surface area contributed by atoms with Crippen molar-refractivity contribution in [1.29, 1.82) is 0 Å². The topological polar surface area (TPSA) is 35.5 Å². The van der Waals surface area contributed by atoms with Gasteiger partial charge in [-0.05, 0) is 52.1 Å². The van der Waals surface area contributed by atoms with Crippen LogP contribution in [0.2, 0.25) is 0 Å². The minimum absolute atomic E-state index is 0.00844. The molecule has 0 bridgehead atoms. The third-order valence-corrected chi connectivity index (χ3v) is 5.31. The fourth-order valence-electron chi connectivity index (χ4n) is 3.85. The van der Waals surface area contributed by atoms with E-state index in [9.17, 15) is 5.11 Å². The molecule has 2 rings (SSSR count). The Hall–Kier alpha value is -0.120. The first-order valence-corrected chi connectivity index (χ1v) is 7.69. The van der Waals surface area contributed by atoms with Gasteiger partial charge >= 0.3 is 0 Å². The quantitative estimate of drug-likeness (QED) is 0.788. The Morgan fingerprint density at radius 1 is 1.22 bits per heavy atom. The van der Waals surface area contributed by atoms with E-state index in [0.29, 0.717) is 6.04 Å². The Morgan fingerprint density at radius 2 is 1.94 bits per heavy atom. The number of hydrogen-bond acceptors (Lipinski definition) is 3. The molecule has 0 aromatic heterocycles. The van der Waals surface area contributed by atoms with Crippen molar-refractivity contribution in [3.8, 4) is 0 Å². The zero-order valence-electron chi connectivity index (χ0n) is 12.1. The van der Waals surface area contributed by atoms with E-state index in [0.717, 1.165) is 18.8 Å². The first-order chi connectivity index (χ1) is 8.69. The molecule has 2 saturated carbocycles. The highest BCUT2D eigenvalue weighted by Gasteiger charge is 2.39. The summed E-state index contributed by atoms with van der Waals surface area (Å²) in [4.78, 5) is 2.56. The van der Waals surface area contributed by atoms with Crippen molar-refractivity contribution in [2.24, 2.45) is 5.92 Å². The van der Waals surface area contributed by atoms with E-state index in [4.69, 9.17) is 0 Å². The van der Waals surface area contributed by atoms with Crippen LogP contribution in [0.5, 0.6) is 0 Å².